The van der Waals surface area contributed by atoms with E-state index in [0.29, 0.717) is 16.8 Å². The van der Waals surface area contributed by atoms with Gasteiger partial charge in [-0.3, -0.25) is 14.5 Å². The van der Waals surface area contributed by atoms with E-state index in [9.17, 15) is 19.5 Å². The first-order valence-corrected chi connectivity index (χ1v) is 12.5. The van der Waals surface area contributed by atoms with Crippen LogP contribution in [0.4, 0.5) is 10.5 Å². The summed E-state index contributed by atoms with van der Waals surface area (Å²) in [5.41, 5.74) is 1.77. The molecule has 0 radical (unpaired) electrons. The number of benzene rings is 3. The number of phenolic OH excluding ortho intramolecular Hbond substituents is 1. The van der Waals surface area contributed by atoms with E-state index in [-0.39, 0.29) is 12.2 Å². The summed E-state index contributed by atoms with van der Waals surface area (Å²) < 4.78 is 5.38. The predicted molar refractivity (Wildman–Crippen MR) is 150 cm³/mol. The van der Waals surface area contributed by atoms with Crippen LogP contribution in [0.25, 0.3) is 0 Å². The third-order valence-corrected chi connectivity index (χ3v) is 5.77. The molecule has 8 nitrogen and oxygen atoms in total. The molecular weight excluding hydrogens is 494 g/mol. The standard InChI is InChI=1S/C31H33N3O5/c1-6-34(27(23-13-8-7-9-14-23)28(36)32-25-15-11-10-12-21(25)2)29(37)26(33-30(38)39-31(3,4)5)20-22-16-18-24(35)19-17-22/h1,7-19,26-27,35H,20H2,2-5H3,(H,32,36)(H,33,38). The first-order chi connectivity index (χ1) is 18.5. The Labute approximate surface area is 229 Å². The van der Waals surface area contributed by atoms with Crippen molar-refractivity contribution in [3.8, 4) is 18.2 Å². The molecule has 3 aromatic rings. The monoisotopic (exact) mass is 527 g/mol. The Kier molecular flexibility index (Phi) is 9.34. The minimum absolute atomic E-state index is 0.0391. The quantitative estimate of drug-likeness (QED) is 0.284. The number of nitrogens with zero attached hydrogens (tertiary/aromatic N) is 1. The second-order valence-electron chi connectivity index (χ2n) is 10.0. The van der Waals surface area contributed by atoms with E-state index < -0.39 is 35.6 Å². The van der Waals surface area contributed by atoms with Gasteiger partial charge >= 0.3 is 6.09 Å². The molecule has 2 atom stereocenters. The van der Waals surface area contributed by atoms with Gasteiger partial charge in [0.1, 0.15) is 23.4 Å². The molecule has 8 heteroatoms. The van der Waals surface area contributed by atoms with Gasteiger partial charge < -0.3 is 20.5 Å². The molecule has 0 saturated heterocycles. The summed E-state index contributed by atoms with van der Waals surface area (Å²) in [6.07, 6.45) is 5.09. The molecule has 3 N–H and O–H groups in total. The zero-order valence-electron chi connectivity index (χ0n) is 22.5. The van der Waals surface area contributed by atoms with Crippen LogP contribution in [0, 0.1) is 19.4 Å². The second kappa shape index (κ2) is 12.7. The van der Waals surface area contributed by atoms with E-state index in [1.807, 2.05) is 19.1 Å². The predicted octanol–water partition coefficient (Wildman–Crippen LogP) is 4.94. The van der Waals surface area contributed by atoms with Crippen LogP contribution in [0.5, 0.6) is 5.75 Å². The Hall–Kier alpha value is -4.77. The van der Waals surface area contributed by atoms with E-state index in [1.165, 1.54) is 12.1 Å². The van der Waals surface area contributed by atoms with Crippen LogP contribution < -0.4 is 10.6 Å². The Morgan fingerprint density at radius 2 is 1.59 bits per heavy atom. The number of terminal acetylenes is 1. The van der Waals surface area contributed by atoms with Gasteiger partial charge in [-0.25, -0.2) is 4.79 Å². The average molecular weight is 528 g/mol. The molecule has 3 rings (SSSR count). The van der Waals surface area contributed by atoms with Gasteiger partial charge in [-0.15, -0.1) is 0 Å². The van der Waals surface area contributed by atoms with E-state index in [2.05, 4.69) is 16.7 Å². The molecule has 0 spiro atoms. The van der Waals surface area contributed by atoms with Crippen LogP contribution in [0.3, 0.4) is 0 Å². The maximum Gasteiger partial charge on any atom is 0.408 e. The fourth-order valence-corrected chi connectivity index (χ4v) is 3.92. The van der Waals surface area contributed by atoms with Crippen LogP contribution in [0.1, 0.15) is 43.5 Å². The SMILES string of the molecule is C#CN(C(=O)C(Cc1ccc(O)cc1)NC(=O)OC(C)(C)C)C(C(=O)Nc1ccccc1C)c1ccccc1. The average Bonchev–Trinajstić information content (AvgIpc) is 2.88. The molecule has 0 aliphatic rings. The molecular formula is C31H33N3O5. The Morgan fingerprint density at radius 1 is 0.974 bits per heavy atom. The Morgan fingerprint density at radius 3 is 2.18 bits per heavy atom. The van der Waals surface area contributed by atoms with Crippen molar-refractivity contribution in [1.29, 1.82) is 0 Å². The van der Waals surface area contributed by atoms with Crippen molar-refractivity contribution in [1.82, 2.24) is 10.2 Å². The van der Waals surface area contributed by atoms with E-state index in [4.69, 9.17) is 11.2 Å². The lowest BCUT2D eigenvalue weighted by molar-refractivity contribution is -0.136. The lowest BCUT2D eigenvalue weighted by atomic mass is 10.0. The number of ether oxygens (including phenoxy) is 1. The van der Waals surface area contributed by atoms with Gasteiger partial charge in [0, 0.05) is 18.2 Å². The van der Waals surface area contributed by atoms with Crippen molar-refractivity contribution in [2.45, 2.75) is 51.8 Å². The fourth-order valence-electron chi connectivity index (χ4n) is 3.92. The molecule has 0 aliphatic carbocycles. The number of hydrogen-bond acceptors (Lipinski definition) is 5. The number of carbonyl (C=O) groups excluding carboxylic acids is 3. The summed E-state index contributed by atoms with van der Waals surface area (Å²) >= 11 is 0. The van der Waals surface area contributed by atoms with E-state index in [1.54, 1.807) is 75.4 Å². The fraction of sp³-hybridized carbons (Fsp3) is 0.258. The third kappa shape index (κ3) is 8.11. The van der Waals surface area contributed by atoms with Crippen molar-refractivity contribution < 1.29 is 24.2 Å². The van der Waals surface area contributed by atoms with Crippen molar-refractivity contribution in [3.63, 3.8) is 0 Å². The molecule has 3 aromatic carbocycles. The van der Waals surface area contributed by atoms with E-state index >= 15 is 0 Å². The second-order valence-corrected chi connectivity index (χ2v) is 10.0. The van der Waals surface area contributed by atoms with Crippen molar-refractivity contribution >= 4 is 23.6 Å². The molecule has 0 bridgehead atoms. The molecule has 0 aliphatic heterocycles. The summed E-state index contributed by atoms with van der Waals surface area (Å²) in [6, 6.07) is 22.2. The van der Waals surface area contributed by atoms with Crippen molar-refractivity contribution in [3.05, 3.63) is 95.6 Å². The number of alkyl carbamates (subject to hydrolysis) is 1. The molecule has 0 aromatic heterocycles. The van der Waals surface area contributed by atoms with Crippen LogP contribution in [0.15, 0.2) is 78.9 Å². The van der Waals surface area contributed by atoms with Crippen LogP contribution in [0.2, 0.25) is 0 Å². The normalized spacial score (nSPS) is 12.4. The van der Waals surface area contributed by atoms with Crippen LogP contribution >= 0.6 is 0 Å². The first kappa shape index (κ1) is 28.8. The molecule has 0 fully saturated rings. The number of nitrogens with one attached hydrogen (secondary N) is 2. The lowest BCUT2D eigenvalue weighted by Gasteiger charge is -2.30. The molecule has 39 heavy (non-hydrogen) atoms. The molecule has 202 valence electrons. The Bertz CT molecular complexity index is 1340. The van der Waals surface area contributed by atoms with Gasteiger partial charge in [0.2, 0.25) is 0 Å². The van der Waals surface area contributed by atoms with Crippen molar-refractivity contribution in [2.24, 2.45) is 0 Å². The summed E-state index contributed by atoms with van der Waals surface area (Å²) in [4.78, 5) is 41.3. The highest BCUT2D eigenvalue weighted by Crippen LogP contribution is 2.25. The Balaban J connectivity index is 1.99. The molecule has 0 heterocycles. The summed E-state index contributed by atoms with van der Waals surface area (Å²) in [7, 11) is 0. The number of anilines is 1. The number of phenols is 1. The van der Waals surface area contributed by atoms with Crippen LogP contribution in [-0.2, 0) is 20.7 Å². The maximum absolute atomic E-state index is 14.0. The molecule has 0 saturated carbocycles. The number of hydrogen-bond donors (Lipinski definition) is 3. The summed E-state index contributed by atoms with van der Waals surface area (Å²) in [5, 5.41) is 15.2. The number of aryl methyl sites for hydroxylation is 1. The molecule has 3 amide bonds. The lowest BCUT2D eigenvalue weighted by Crippen LogP contribution is -2.51. The number of carbonyl (C=O) groups is 3. The van der Waals surface area contributed by atoms with Gasteiger partial charge in [-0.2, -0.15) is 0 Å². The van der Waals surface area contributed by atoms with Gasteiger partial charge in [0.15, 0.2) is 0 Å². The zero-order chi connectivity index (χ0) is 28.6. The highest BCUT2D eigenvalue weighted by Gasteiger charge is 2.36. The van der Waals surface area contributed by atoms with Crippen molar-refractivity contribution in [2.75, 3.05) is 5.32 Å². The zero-order valence-corrected chi connectivity index (χ0v) is 22.5. The maximum atomic E-state index is 14.0. The first-order valence-electron chi connectivity index (χ1n) is 12.5. The molecule has 2 unspecified atom stereocenters. The van der Waals surface area contributed by atoms with E-state index in [0.717, 1.165) is 10.5 Å². The van der Waals surface area contributed by atoms with Gasteiger partial charge in [-0.1, -0.05) is 67.1 Å². The van der Waals surface area contributed by atoms with Gasteiger partial charge in [-0.05, 0) is 62.6 Å². The third-order valence-electron chi connectivity index (χ3n) is 5.77. The largest absolute Gasteiger partial charge is 0.508 e. The highest BCUT2D eigenvalue weighted by molar-refractivity contribution is 6.00. The highest BCUT2D eigenvalue weighted by atomic mass is 16.6. The van der Waals surface area contributed by atoms with Gasteiger partial charge in [0.05, 0.1) is 0 Å². The number of amides is 3. The number of para-hydroxylation sites is 1. The minimum Gasteiger partial charge on any atom is -0.508 e. The number of rotatable bonds is 8. The summed E-state index contributed by atoms with van der Waals surface area (Å²) in [5.74, 6) is -1.13. The smallest absolute Gasteiger partial charge is 0.408 e. The minimum atomic E-state index is -1.19. The van der Waals surface area contributed by atoms with Crippen LogP contribution in [-0.4, -0.2) is 39.6 Å². The topological polar surface area (TPSA) is 108 Å². The number of aromatic hydroxyl groups is 1. The van der Waals surface area contributed by atoms with Gasteiger partial charge in [0.25, 0.3) is 11.8 Å². The summed E-state index contributed by atoms with van der Waals surface area (Å²) in [6.45, 7) is 6.98.